The van der Waals surface area contributed by atoms with E-state index in [0.717, 1.165) is 5.03 Å². The summed E-state index contributed by atoms with van der Waals surface area (Å²) in [5.41, 5.74) is 0. The number of benzene rings is 1. The first-order valence-corrected chi connectivity index (χ1v) is 5.15. The van der Waals surface area contributed by atoms with E-state index in [9.17, 15) is 0 Å². The molecule has 3 heteroatoms. The maximum Gasteiger partial charge on any atom is 0.115 e. The van der Waals surface area contributed by atoms with Gasteiger partial charge >= 0.3 is 0 Å². The molecule has 1 aromatic heterocycles. The summed E-state index contributed by atoms with van der Waals surface area (Å²) < 4.78 is 4.21. The lowest BCUT2D eigenvalue weighted by atomic mass is 10.4. The second-order valence-corrected chi connectivity index (χ2v) is 3.93. The van der Waals surface area contributed by atoms with Gasteiger partial charge in [0, 0.05) is 10.3 Å². The van der Waals surface area contributed by atoms with Crippen molar-refractivity contribution >= 4 is 23.3 Å². The third-order valence-corrected chi connectivity index (χ3v) is 2.94. The lowest BCUT2D eigenvalue weighted by Crippen LogP contribution is -1.69. The first-order valence-electron chi connectivity index (χ1n) is 3.49. The second kappa shape index (κ2) is 3.74. The summed E-state index contributed by atoms with van der Waals surface area (Å²) >= 11 is 3.15. The lowest BCUT2D eigenvalue weighted by Gasteiger charge is -1.94. The van der Waals surface area contributed by atoms with Gasteiger partial charge in [0.1, 0.15) is 5.03 Å². The SMILES string of the molecule is [c]1ccc(Sc2ccsn2)cc1. The third kappa shape index (κ3) is 1.87. The molecule has 0 aliphatic carbocycles. The molecule has 0 amide bonds. The van der Waals surface area contributed by atoms with E-state index in [4.69, 9.17) is 0 Å². The molecule has 0 spiro atoms. The fourth-order valence-electron chi connectivity index (χ4n) is 0.814. The fraction of sp³-hybridized carbons (Fsp3) is 0. The predicted octanol–water partition coefficient (Wildman–Crippen LogP) is 3.09. The van der Waals surface area contributed by atoms with Crippen LogP contribution >= 0.6 is 23.3 Å². The highest BCUT2D eigenvalue weighted by atomic mass is 32.2. The molecule has 0 fully saturated rings. The van der Waals surface area contributed by atoms with Crippen molar-refractivity contribution < 1.29 is 0 Å². The van der Waals surface area contributed by atoms with Crippen LogP contribution in [0.5, 0.6) is 0 Å². The second-order valence-electron chi connectivity index (χ2n) is 2.18. The van der Waals surface area contributed by atoms with Crippen LogP contribution < -0.4 is 0 Å². The van der Waals surface area contributed by atoms with E-state index in [-0.39, 0.29) is 0 Å². The highest BCUT2D eigenvalue weighted by molar-refractivity contribution is 7.99. The van der Waals surface area contributed by atoms with Crippen molar-refractivity contribution in [2.24, 2.45) is 0 Å². The van der Waals surface area contributed by atoms with Gasteiger partial charge in [-0.2, -0.15) is 4.37 Å². The van der Waals surface area contributed by atoms with Gasteiger partial charge in [0.15, 0.2) is 0 Å². The largest absolute Gasteiger partial charge is 0.186 e. The van der Waals surface area contributed by atoms with Gasteiger partial charge < -0.3 is 0 Å². The maximum atomic E-state index is 4.21. The van der Waals surface area contributed by atoms with Gasteiger partial charge in [-0.1, -0.05) is 23.9 Å². The maximum absolute atomic E-state index is 4.21. The summed E-state index contributed by atoms with van der Waals surface area (Å²) in [6, 6.07) is 12.9. The zero-order valence-corrected chi connectivity index (χ0v) is 7.86. The van der Waals surface area contributed by atoms with Gasteiger partial charge in [0.25, 0.3) is 0 Å². The number of aromatic nitrogens is 1. The molecule has 0 aliphatic rings. The Bertz CT molecular complexity index is 329. The Morgan fingerprint density at radius 2 is 2.08 bits per heavy atom. The topological polar surface area (TPSA) is 12.9 Å². The summed E-state index contributed by atoms with van der Waals surface area (Å²) in [4.78, 5) is 1.21. The molecule has 0 bridgehead atoms. The molecule has 1 heterocycles. The van der Waals surface area contributed by atoms with Crippen molar-refractivity contribution in [1.82, 2.24) is 4.37 Å². The first kappa shape index (κ1) is 7.83. The zero-order chi connectivity index (χ0) is 8.23. The number of nitrogens with zero attached hydrogens (tertiary/aromatic N) is 1. The van der Waals surface area contributed by atoms with Crippen molar-refractivity contribution in [2.75, 3.05) is 0 Å². The zero-order valence-electron chi connectivity index (χ0n) is 6.23. The molecule has 0 aliphatic heterocycles. The fourth-order valence-corrected chi connectivity index (χ4v) is 2.24. The van der Waals surface area contributed by atoms with Crippen molar-refractivity contribution in [2.45, 2.75) is 9.92 Å². The van der Waals surface area contributed by atoms with E-state index < -0.39 is 0 Å². The molecule has 0 atom stereocenters. The first-order chi connectivity index (χ1) is 5.95. The monoisotopic (exact) mass is 192 g/mol. The minimum absolute atomic E-state index is 1.06. The number of rotatable bonds is 2. The summed E-state index contributed by atoms with van der Waals surface area (Å²) in [7, 11) is 0. The van der Waals surface area contributed by atoms with Gasteiger partial charge in [-0.15, -0.1) is 0 Å². The van der Waals surface area contributed by atoms with Crippen molar-refractivity contribution in [1.29, 1.82) is 0 Å². The van der Waals surface area contributed by atoms with Gasteiger partial charge in [-0.25, -0.2) is 0 Å². The Balaban J connectivity index is 2.15. The molecular formula is C9H6NS2. The average molecular weight is 192 g/mol. The van der Waals surface area contributed by atoms with Gasteiger partial charge in [-0.05, 0) is 35.8 Å². The van der Waals surface area contributed by atoms with Crippen LogP contribution in [-0.2, 0) is 0 Å². The Kier molecular flexibility index (Phi) is 2.44. The number of hydrogen-bond acceptors (Lipinski definition) is 3. The Hall–Kier alpha value is -0.800. The third-order valence-electron chi connectivity index (χ3n) is 1.32. The molecule has 1 aromatic carbocycles. The highest BCUT2D eigenvalue weighted by Crippen LogP contribution is 2.25. The van der Waals surface area contributed by atoms with E-state index in [1.54, 1.807) is 11.8 Å². The van der Waals surface area contributed by atoms with Crippen LogP contribution in [-0.4, -0.2) is 4.37 Å². The van der Waals surface area contributed by atoms with Gasteiger partial charge in [-0.3, -0.25) is 0 Å². The molecule has 2 rings (SSSR count). The van der Waals surface area contributed by atoms with Gasteiger partial charge in [0.05, 0.1) is 0 Å². The van der Waals surface area contributed by atoms with Crippen LogP contribution in [0.25, 0.3) is 0 Å². The average Bonchev–Trinajstić information content (AvgIpc) is 2.59. The van der Waals surface area contributed by atoms with E-state index in [1.165, 1.54) is 16.4 Å². The molecule has 0 saturated carbocycles. The smallest absolute Gasteiger partial charge is 0.115 e. The molecule has 1 nitrogen and oxygen atoms in total. The molecule has 59 valence electrons. The molecule has 1 radical (unpaired) electrons. The molecule has 0 N–H and O–H groups in total. The van der Waals surface area contributed by atoms with E-state index in [0.29, 0.717) is 0 Å². The predicted molar refractivity (Wildman–Crippen MR) is 51.5 cm³/mol. The molecule has 0 unspecified atom stereocenters. The van der Waals surface area contributed by atoms with Crippen molar-refractivity contribution in [3.05, 3.63) is 41.8 Å². The van der Waals surface area contributed by atoms with Crippen LogP contribution in [0.1, 0.15) is 0 Å². The van der Waals surface area contributed by atoms with Crippen LogP contribution in [0.2, 0.25) is 0 Å². The van der Waals surface area contributed by atoms with Crippen molar-refractivity contribution in [3.8, 4) is 0 Å². The van der Waals surface area contributed by atoms with E-state index >= 15 is 0 Å². The number of hydrogen-bond donors (Lipinski definition) is 0. The van der Waals surface area contributed by atoms with Crippen LogP contribution in [0.3, 0.4) is 0 Å². The highest BCUT2D eigenvalue weighted by Gasteiger charge is 1.96. The Morgan fingerprint density at radius 1 is 1.25 bits per heavy atom. The Morgan fingerprint density at radius 3 is 2.75 bits per heavy atom. The molecule has 12 heavy (non-hydrogen) atoms. The van der Waals surface area contributed by atoms with E-state index in [1.807, 2.05) is 35.7 Å². The van der Waals surface area contributed by atoms with E-state index in [2.05, 4.69) is 10.4 Å². The molecular weight excluding hydrogens is 186 g/mol. The normalized spacial score (nSPS) is 10.0. The van der Waals surface area contributed by atoms with Crippen LogP contribution in [0, 0.1) is 6.07 Å². The van der Waals surface area contributed by atoms with Gasteiger partial charge in [0.2, 0.25) is 0 Å². The molecule has 0 saturated heterocycles. The van der Waals surface area contributed by atoms with Crippen LogP contribution in [0.4, 0.5) is 0 Å². The minimum atomic E-state index is 1.06. The quantitative estimate of drug-likeness (QED) is 0.725. The minimum Gasteiger partial charge on any atom is -0.186 e. The summed E-state index contributed by atoms with van der Waals surface area (Å²) in [5.74, 6) is 0. The summed E-state index contributed by atoms with van der Waals surface area (Å²) in [5, 5.41) is 3.04. The standard InChI is InChI=1S/C9H6NS2/c1-2-4-8(5-3-1)12-9-6-7-11-10-9/h2-7H. The summed E-state index contributed by atoms with van der Waals surface area (Å²) in [6.07, 6.45) is 0. The lowest BCUT2D eigenvalue weighted by molar-refractivity contribution is 1.28. The summed E-state index contributed by atoms with van der Waals surface area (Å²) in [6.45, 7) is 0. The van der Waals surface area contributed by atoms with Crippen LogP contribution in [0.15, 0.2) is 45.6 Å². The Labute approximate surface area is 79.6 Å². The molecule has 2 aromatic rings. The van der Waals surface area contributed by atoms with Crippen molar-refractivity contribution in [3.63, 3.8) is 0 Å².